The Morgan fingerprint density at radius 1 is 1.50 bits per heavy atom. The molecule has 0 aromatic heterocycles. The minimum atomic E-state index is -1.33. The lowest BCUT2D eigenvalue weighted by Gasteiger charge is -2.26. The normalized spacial score (nSPS) is 13.1. The van der Waals surface area contributed by atoms with Gasteiger partial charge in [-0.05, 0) is 0 Å². The number of nitrogens with one attached hydrogen (secondary N) is 1. The molecule has 0 rings (SSSR count). The maximum absolute atomic E-state index is 11.4. The Hall–Kier alpha value is -0.790. The number of carbonyl (C=O) groups is 2. The van der Waals surface area contributed by atoms with E-state index >= 15 is 0 Å². The van der Waals surface area contributed by atoms with E-state index in [1.807, 2.05) is 0 Å². The van der Waals surface area contributed by atoms with Crippen LogP contribution in [0.3, 0.4) is 0 Å². The molecule has 0 aliphatic rings. The van der Waals surface area contributed by atoms with Crippen LogP contribution in [0.1, 0.15) is 20.3 Å². The number of aliphatic hydroxyl groups is 2. The van der Waals surface area contributed by atoms with Crippen LogP contribution in [0.2, 0.25) is 0 Å². The zero-order valence-corrected chi connectivity index (χ0v) is 10.2. The summed E-state index contributed by atoms with van der Waals surface area (Å²) in [6.45, 7) is 2.84. The second-order valence-corrected chi connectivity index (χ2v) is 4.24. The molecule has 0 saturated carbocycles. The molecule has 0 aromatic rings. The number of amides is 1. The molecule has 1 atom stereocenters. The summed E-state index contributed by atoms with van der Waals surface area (Å²) in [7, 11) is 0. The fourth-order valence-corrected chi connectivity index (χ4v) is 0.963. The van der Waals surface area contributed by atoms with Crippen molar-refractivity contribution in [1.82, 2.24) is 5.32 Å². The summed E-state index contributed by atoms with van der Waals surface area (Å²) in [5, 5.41) is 20.9. The fourth-order valence-electron chi connectivity index (χ4n) is 0.871. The van der Waals surface area contributed by atoms with Crippen LogP contribution in [-0.4, -0.2) is 41.3 Å². The largest absolute Gasteiger partial charge is 0.396 e. The van der Waals surface area contributed by atoms with Crippen molar-refractivity contribution in [1.29, 1.82) is 0 Å². The van der Waals surface area contributed by atoms with E-state index in [1.165, 1.54) is 0 Å². The summed E-state index contributed by atoms with van der Waals surface area (Å²) in [6.07, 6.45) is -1.36. The van der Waals surface area contributed by atoms with E-state index in [9.17, 15) is 14.7 Å². The summed E-state index contributed by atoms with van der Waals surface area (Å²) in [5.41, 5.74) is -0.922. The quantitative estimate of drug-likeness (QED) is 0.368. The molecule has 0 heterocycles. The first-order valence-electron chi connectivity index (χ1n) is 4.76. The molecular formula is C9H17NO5S. The van der Waals surface area contributed by atoms with Gasteiger partial charge < -0.3 is 19.7 Å². The molecule has 0 aliphatic carbocycles. The van der Waals surface area contributed by atoms with Crippen LogP contribution in [0.25, 0.3) is 0 Å². The highest BCUT2D eigenvalue weighted by Gasteiger charge is 2.32. The SMILES string of the molecule is CC(C)(CO)C(O)C(=O)NCCC(=O)OS. The predicted octanol–water partition coefficient (Wildman–Crippen LogP) is -0.740. The summed E-state index contributed by atoms with van der Waals surface area (Å²) < 4.78 is 4.08. The lowest BCUT2D eigenvalue weighted by Crippen LogP contribution is -2.46. The second-order valence-electron chi connectivity index (χ2n) is 4.05. The van der Waals surface area contributed by atoms with Crippen molar-refractivity contribution in [2.24, 2.45) is 5.41 Å². The van der Waals surface area contributed by atoms with E-state index in [2.05, 4.69) is 22.4 Å². The van der Waals surface area contributed by atoms with Gasteiger partial charge in [-0.1, -0.05) is 13.8 Å². The topological polar surface area (TPSA) is 95.9 Å². The van der Waals surface area contributed by atoms with E-state index in [4.69, 9.17) is 5.11 Å². The molecule has 0 saturated heterocycles. The van der Waals surface area contributed by atoms with Crippen LogP contribution in [0.4, 0.5) is 0 Å². The van der Waals surface area contributed by atoms with Gasteiger partial charge in [0, 0.05) is 24.9 Å². The van der Waals surface area contributed by atoms with Gasteiger partial charge in [0.05, 0.1) is 13.0 Å². The van der Waals surface area contributed by atoms with Crippen LogP contribution in [-0.2, 0) is 13.8 Å². The fraction of sp³-hybridized carbons (Fsp3) is 0.778. The summed E-state index contributed by atoms with van der Waals surface area (Å²) >= 11 is 3.30. The first-order valence-corrected chi connectivity index (χ1v) is 5.12. The molecule has 0 spiro atoms. The smallest absolute Gasteiger partial charge is 0.319 e. The molecular weight excluding hydrogens is 234 g/mol. The monoisotopic (exact) mass is 251 g/mol. The molecule has 0 fully saturated rings. The highest BCUT2D eigenvalue weighted by atomic mass is 32.1. The number of thiol groups is 1. The number of aliphatic hydroxyl groups excluding tert-OH is 2. The first-order chi connectivity index (χ1) is 7.35. The van der Waals surface area contributed by atoms with Crippen LogP contribution < -0.4 is 5.32 Å². The zero-order valence-electron chi connectivity index (χ0n) is 9.27. The van der Waals surface area contributed by atoms with Gasteiger partial charge in [0.1, 0.15) is 6.10 Å². The highest BCUT2D eigenvalue weighted by Crippen LogP contribution is 2.19. The molecule has 1 amide bonds. The molecule has 0 aliphatic heterocycles. The minimum Gasteiger partial charge on any atom is -0.396 e. The van der Waals surface area contributed by atoms with Crippen molar-refractivity contribution in [2.75, 3.05) is 13.2 Å². The van der Waals surface area contributed by atoms with Gasteiger partial charge in [-0.25, -0.2) is 0 Å². The van der Waals surface area contributed by atoms with Crippen LogP contribution in [0.15, 0.2) is 0 Å². The van der Waals surface area contributed by atoms with Crippen molar-refractivity contribution in [3.05, 3.63) is 0 Å². The molecule has 94 valence electrons. The first kappa shape index (κ1) is 15.2. The molecule has 7 heteroatoms. The van der Waals surface area contributed by atoms with Crippen LogP contribution in [0.5, 0.6) is 0 Å². The number of hydrogen-bond donors (Lipinski definition) is 4. The standard InChI is InChI=1S/C9H17NO5S/c1-9(2,5-11)7(13)8(14)10-4-3-6(12)15-16/h7,11,13,16H,3-5H2,1-2H3,(H,10,14). The molecule has 0 radical (unpaired) electrons. The summed E-state index contributed by atoms with van der Waals surface area (Å²) in [6, 6.07) is 0. The highest BCUT2D eigenvalue weighted by molar-refractivity contribution is 7.75. The van der Waals surface area contributed by atoms with Gasteiger partial charge in [-0.3, -0.25) is 9.59 Å². The number of rotatable bonds is 6. The average Bonchev–Trinajstić information content (AvgIpc) is 2.27. The predicted molar refractivity (Wildman–Crippen MR) is 59.6 cm³/mol. The lowest BCUT2D eigenvalue weighted by atomic mass is 9.87. The van der Waals surface area contributed by atoms with Gasteiger partial charge in [0.25, 0.3) is 0 Å². The molecule has 1 unspecified atom stereocenters. The Balaban J connectivity index is 4.03. The summed E-state index contributed by atoms with van der Waals surface area (Å²) in [5.74, 6) is -1.20. The van der Waals surface area contributed by atoms with Crippen molar-refractivity contribution in [3.8, 4) is 0 Å². The Bertz CT molecular complexity index is 256. The van der Waals surface area contributed by atoms with Crippen LogP contribution >= 0.6 is 12.9 Å². The Kier molecular flexibility index (Phi) is 6.39. The minimum absolute atomic E-state index is 0.0263. The number of hydrogen-bond acceptors (Lipinski definition) is 6. The van der Waals surface area contributed by atoms with Gasteiger partial charge in [0.2, 0.25) is 5.91 Å². The van der Waals surface area contributed by atoms with Crippen molar-refractivity contribution in [2.45, 2.75) is 26.4 Å². The molecule has 16 heavy (non-hydrogen) atoms. The van der Waals surface area contributed by atoms with E-state index in [1.54, 1.807) is 13.8 Å². The van der Waals surface area contributed by atoms with Crippen molar-refractivity contribution < 1.29 is 24.0 Å². The van der Waals surface area contributed by atoms with Crippen molar-refractivity contribution in [3.63, 3.8) is 0 Å². The third-order valence-electron chi connectivity index (χ3n) is 2.13. The Labute approximate surface area is 99.6 Å². The van der Waals surface area contributed by atoms with E-state index in [0.29, 0.717) is 0 Å². The van der Waals surface area contributed by atoms with Gasteiger partial charge in [-0.15, -0.1) is 0 Å². The van der Waals surface area contributed by atoms with Gasteiger partial charge >= 0.3 is 5.97 Å². The average molecular weight is 251 g/mol. The zero-order chi connectivity index (χ0) is 12.8. The summed E-state index contributed by atoms with van der Waals surface area (Å²) in [4.78, 5) is 22.0. The van der Waals surface area contributed by atoms with Crippen LogP contribution in [0, 0.1) is 5.41 Å². The van der Waals surface area contributed by atoms with E-state index in [0.717, 1.165) is 0 Å². The van der Waals surface area contributed by atoms with Gasteiger partial charge in [0.15, 0.2) is 0 Å². The van der Waals surface area contributed by atoms with E-state index < -0.39 is 23.4 Å². The molecule has 3 N–H and O–H groups in total. The third-order valence-corrected chi connectivity index (χ3v) is 2.33. The van der Waals surface area contributed by atoms with E-state index in [-0.39, 0.29) is 19.6 Å². The maximum atomic E-state index is 11.4. The third kappa shape index (κ3) is 4.82. The number of carbonyl (C=O) groups excluding carboxylic acids is 2. The second kappa shape index (κ2) is 6.72. The van der Waals surface area contributed by atoms with Gasteiger partial charge in [-0.2, -0.15) is 0 Å². The molecule has 0 bridgehead atoms. The Morgan fingerprint density at radius 2 is 2.06 bits per heavy atom. The molecule has 0 aromatic carbocycles. The maximum Gasteiger partial charge on any atom is 0.319 e. The lowest BCUT2D eigenvalue weighted by molar-refractivity contribution is -0.137. The Morgan fingerprint density at radius 3 is 2.50 bits per heavy atom. The molecule has 6 nitrogen and oxygen atoms in total. The van der Waals surface area contributed by atoms with Crippen molar-refractivity contribution >= 4 is 24.8 Å².